The van der Waals surface area contributed by atoms with Gasteiger partial charge in [-0.25, -0.2) is 9.48 Å². The first-order valence-corrected chi connectivity index (χ1v) is 8.18. The van der Waals surface area contributed by atoms with E-state index in [1.54, 1.807) is 10.9 Å². The van der Waals surface area contributed by atoms with Crippen molar-refractivity contribution in [3.05, 3.63) is 44.5 Å². The van der Waals surface area contributed by atoms with E-state index in [0.717, 1.165) is 0 Å². The lowest BCUT2D eigenvalue weighted by Gasteiger charge is -2.15. The molecule has 0 aromatic carbocycles. The van der Waals surface area contributed by atoms with Crippen molar-refractivity contribution in [3.8, 4) is 0 Å². The van der Waals surface area contributed by atoms with Crippen LogP contribution >= 0.6 is 0 Å². The minimum Gasteiger partial charge on any atom is -0.394 e. The SMILES string of the molecule is CC(C)n1cc(Cn2cc(C3OC(CO)C(O)C3O)c(=O)[nH]c2=O)nn1. The van der Waals surface area contributed by atoms with Gasteiger partial charge in [-0.2, -0.15) is 0 Å². The number of aliphatic hydroxyl groups is 3. The van der Waals surface area contributed by atoms with Gasteiger partial charge in [-0.05, 0) is 13.8 Å². The van der Waals surface area contributed by atoms with Gasteiger partial charge in [0.15, 0.2) is 0 Å². The van der Waals surface area contributed by atoms with Gasteiger partial charge in [0.2, 0.25) is 0 Å². The van der Waals surface area contributed by atoms with Crippen molar-refractivity contribution < 1.29 is 20.1 Å². The second kappa shape index (κ2) is 7.11. The Hall–Kier alpha value is -2.34. The fourth-order valence-corrected chi connectivity index (χ4v) is 2.82. The summed E-state index contributed by atoms with van der Waals surface area (Å²) in [5.74, 6) is 0. The zero-order valence-corrected chi connectivity index (χ0v) is 14.3. The lowest BCUT2D eigenvalue weighted by Crippen LogP contribution is -2.36. The number of aromatic nitrogens is 5. The molecule has 1 aliphatic heterocycles. The highest BCUT2D eigenvalue weighted by Gasteiger charge is 2.44. The molecule has 4 atom stereocenters. The Kier molecular flexibility index (Phi) is 5.05. The zero-order chi connectivity index (χ0) is 19.0. The second-order valence-corrected chi connectivity index (χ2v) is 6.51. The van der Waals surface area contributed by atoms with Crippen molar-refractivity contribution in [3.63, 3.8) is 0 Å². The molecule has 2 aromatic rings. The Morgan fingerprint density at radius 3 is 2.58 bits per heavy atom. The number of aromatic amines is 1. The molecule has 11 nitrogen and oxygen atoms in total. The van der Waals surface area contributed by atoms with E-state index in [0.29, 0.717) is 5.69 Å². The summed E-state index contributed by atoms with van der Waals surface area (Å²) in [6, 6.07) is 0.109. The smallest absolute Gasteiger partial charge is 0.328 e. The lowest BCUT2D eigenvalue weighted by atomic mass is 10.0. The normalized spacial score (nSPS) is 25.9. The molecule has 4 unspecified atom stereocenters. The first-order chi connectivity index (χ1) is 12.3. The molecule has 0 aliphatic carbocycles. The van der Waals surface area contributed by atoms with Gasteiger partial charge in [-0.3, -0.25) is 14.3 Å². The zero-order valence-electron chi connectivity index (χ0n) is 14.3. The van der Waals surface area contributed by atoms with Crippen LogP contribution in [0.5, 0.6) is 0 Å². The predicted molar refractivity (Wildman–Crippen MR) is 87.5 cm³/mol. The van der Waals surface area contributed by atoms with Crippen LogP contribution in [-0.2, 0) is 11.3 Å². The molecule has 1 aliphatic rings. The summed E-state index contributed by atoms with van der Waals surface area (Å²) in [4.78, 5) is 26.4. The second-order valence-electron chi connectivity index (χ2n) is 6.51. The molecular formula is C15H21N5O6. The number of H-pyrrole nitrogens is 1. The number of rotatable bonds is 5. The summed E-state index contributed by atoms with van der Waals surface area (Å²) in [6.07, 6.45) is -1.97. The van der Waals surface area contributed by atoms with Crippen LogP contribution in [0.2, 0.25) is 0 Å². The summed E-state index contributed by atoms with van der Waals surface area (Å²) in [7, 11) is 0. The van der Waals surface area contributed by atoms with Crippen LogP contribution in [0.1, 0.15) is 37.3 Å². The van der Waals surface area contributed by atoms with Crippen LogP contribution in [0.25, 0.3) is 0 Å². The first-order valence-electron chi connectivity index (χ1n) is 8.18. The maximum atomic E-state index is 12.1. The minimum atomic E-state index is -1.40. The van der Waals surface area contributed by atoms with Crippen molar-refractivity contribution in [2.24, 2.45) is 0 Å². The Labute approximate surface area is 147 Å². The van der Waals surface area contributed by atoms with Gasteiger partial charge in [0.25, 0.3) is 5.56 Å². The van der Waals surface area contributed by atoms with Crippen molar-refractivity contribution in [2.45, 2.75) is 50.8 Å². The van der Waals surface area contributed by atoms with E-state index in [2.05, 4.69) is 15.3 Å². The molecule has 142 valence electrons. The first kappa shape index (κ1) is 18.5. The summed E-state index contributed by atoms with van der Waals surface area (Å²) in [5, 5.41) is 37.1. The molecule has 2 aromatic heterocycles. The van der Waals surface area contributed by atoms with E-state index in [-0.39, 0.29) is 18.2 Å². The molecule has 1 saturated heterocycles. The maximum Gasteiger partial charge on any atom is 0.328 e. The van der Waals surface area contributed by atoms with Crippen LogP contribution in [-0.4, -0.2) is 64.8 Å². The van der Waals surface area contributed by atoms with Crippen LogP contribution in [0.15, 0.2) is 22.0 Å². The largest absolute Gasteiger partial charge is 0.394 e. The van der Waals surface area contributed by atoms with Crippen LogP contribution in [0.4, 0.5) is 0 Å². The van der Waals surface area contributed by atoms with Crippen LogP contribution < -0.4 is 11.2 Å². The van der Waals surface area contributed by atoms with Gasteiger partial charge in [0.05, 0.1) is 24.9 Å². The fourth-order valence-electron chi connectivity index (χ4n) is 2.82. The molecule has 0 amide bonds. The third kappa shape index (κ3) is 3.33. The molecule has 0 saturated carbocycles. The maximum absolute atomic E-state index is 12.1. The van der Waals surface area contributed by atoms with E-state index in [9.17, 15) is 24.9 Å². The molecule has 26 heavy (non-hydrogen) atoms. The molecule has 4 N–H and O–H groups in total. The molecule has 3 rings (SSSR count). The lowest BCUT2D eigenvalue weighted by molar-refractivity contribution is -0.0233. The van der Waals surface area contributed by atoms with Crippen LogP contribution in [0, 0.1) is 0 Å². The fraction of sp³-hybridized carbons (Fsp3) is 0.600. The topological polar surface area (TPSA) is 155 Å². The molecule has 11 heteroatoms. The average Bonchev–Trinajstić information content (AvgIpc) is 3.17. The van der Waals surface area contributed by atoms with Crippen molar-refractivity contribution >= 4 is 0 Å². The highest BCUT2D eigenvalue weighted by atomic mass is 16.6. The molecule has 0 bridgehead atoms. The molecule has 3 heterocycles. The standard InChI is InChI=1S/C15H21N5O6/c1-7(2)20-4-8(17-18-20)3-19-5-9(14(24)16-15(19)25)13-12(23)11(22)10(6-21)26-13/h4-5,7,10-13,21-23H,3,6H2,1-2H3,(H,16,24,25). The van der Waals surface area contributed by atoms with Crippen molar-refractivity contribution in [1.29, 1.82) is 0 Å². The number of nitrogens with zero attached hydrogens (tertiary/aromatic N) is 4. The minimum absolute atomic E-state index is 0.0247. The number of hydrogen-bond donors (Lipinski definition) is 4. The van der Waals surface area contributed by atoms with E-state index in [4.69, 9.17) is 4.74 Å². The van der Waals surface area contributed by atoms with E-state index in [1.165, 1.54) is 10.8 Å². The summed E-state index contributed by atoms with van der Waals surface area (Å²) in [6.45, 7) is 3.42. The molecule has 0 spiro atoms. The Morgan fingerprint density at radius 1 is 1.27 bits per heavy atom. The average molecular weight is 367 g/mol. The van der Waals surface area contributed by atoms with Gasteiger partial charge in [0, 0.05) is 12.2 Å². The van der Waals surface area contributed by atoms with Crippen molar-refractivity contribution in [1.82, 2.24) is 24.5 Å². The summed E-state index contributed by atoms with van der Waals surface area (Å²) < 4.78 is 8.21. The van der Waals surface area contributed by atoms with Gasteiger partial charge in [-0.1, -0.05) is 5.21 Å². The number of hydrogen-bond acceptors (Lipinski definition) is 8. The Balaban J connectivity index is 1.92. The highest BCUT2D eigenvalue weighted by Crippen LogP contribution is 2.31. The molecule has 0 radical (unpaired) electrons. The van der Waals surface area contributed by atoms with E-state index < -0.39 is 42.3 Å². The third-order valence-corrected chi connectivity index (χ3v) is 4.31. The van der Waals surface area contributed by atoms with Crippen LogP contribution in [0.3, 0.4) is 0 Å². The van der Waals surface area contributed by atoms with E-state index in [1.807, 2.05) is 13.8 Å². The molecular weight excluding hydrogens is 346 g/mol. The quantitative estimate of drug-likeness (QED) is 0.469. The van der Waals surface area contributed by atoms with Gasteiger partial charge >= 0.3 is 5.69 Å². The summed E-state index contributed by atoms with van der Waals surface area (Å²) >= 11 is 0. The number of aliphatic hydroxyl groups excluding tert-OH is 3. The third-order valence-electron chi connectivity index (χ3n) is 4.31. The Bertz CT molecular complexity index is 887. The van der Waals surface area contributed by atoms with Gasteiger partial charge in [-0.15, -0.1) is 5.10 Å². The van der Waals surface area contributed by atoms with Crippen molar-refractivity contribution in [2.75, 3.05) is 6.61 Å². The van der Waals surface area contributed by atoms with Gasteiger partial charge < -0.3 is 20.1 Å². The number of nitrogens with one attached hydrogen (secondary N) is 1. The summed E-state index contributed by atoms with van der Waals surface area (Å²) in [5.41, 5.74) is -0.889. The highest BCUT2D eigenvalue weighted by molar-refractivity contribution is 5.15. The predicted octanol–water partition coefficient (Wildman–Crippen LogP) is -2.09. The van der Waals surface area contributed by atoms with Gasteiger partial charge in [0.1, 0.15) is 30.1 Å². The Morgan fingerprint density at radius 2 is 2.00 bits per heavy atom. The monoisotopic (exact) mass is 367 g/mol. The molecule has 1 fully saturated rings. The number of ether oxygens (including phenoxy) is 1. The van der Waals surface area contributed by atoms with E-state index >= 15 is 0 Å².